The van der Waals surface area contributed by atoms with E-state index < -0.39 is 0 Å². The van der Waals surface area contributed by atoms with E-state index in [-0.39, 0.29) is 17.4 Å². The number of ketones is 1. The van der Waals surface area contributed by atoms with Crippen molar-refractivity contribution in [2.45, 2.75) is 6.92 Å². The van der Waals surface area contributed by atoms with Gasteiger partial charge in [-0.15, -0.1) is 0 Å². The Balaban J connectivity index is 1.62. The van der Waals surface area contributed by atoms with Crippen molar-refractivity contribution >= 4 is 17.4 Å². The molecule has 0 unspecified atom stereocenters. The van der Waals surface area contributed by atoms with Crippen molar-refractivity contribution in [3.05, 3.63) is 47.3 Å². The maximum Gasteiger partial charge on any atom is 0.277 e. The second kappa shape index (κ2) is 7.58. The number of carbonyl (C=O) groups is 2. The van der Waals surface area contributed by atoms with Gasteiger partial charge in [0.1, 0.15) is 5.76 Å². The first-order valence-electron chi connectivity index (χ1n) is 8.30. The van der Waals surface area contributed by atoms with Gasteiger partial charge in [-0.25, -0.2) is 0 Å². The van der Waals surface area contributed by atoms with Gasteiger partial charge in [0.15, 0.2) is 11.5 Å². The number of hydrogen-bond acceptors (Lipinski definition) is 6. The van der Waals surface area contributed by atoms with E-state index >= 15 is 0 Å². The molecule has 0 spiro atoms. The Morgan fingerprint density at radius 3 is 2.64 bits per heavy atom. The average Bonchev–Trinajstić information content (AvgIpc) is 3.04. The summed E-state index contributed by atoms with van der Waals surface area (Å²) in [4.78, 5) is 29.0. The molecule has 7 heteroatoms. The number of aryl methyl sites for hydroxylation is 1. The molecule has 2 heterocycles. The Kier molecular flexibility index (Phi) is 5.25. The van der Waals surface area contributed by atoms with Crippen LogP contribution in [0.3, 0.4) is 0 Å². The number of nitrogens with zero attached hydrogens (tertiary/aromatic N) is 3. The molecule has 0 bridgehead atoms. The molecule has 1 N–H and O–H groups in total. The summed E-state index contributed by atoms with van der Waals surface area (Å²) >= 11 is 0. The quantitative estimate of drug-likeness (QED) is 0.833. The molecule has 1 fully saturated rings. The Morgan fingerprint density at radius 1 is 1.20 bits per heavy atom. The molecule has 7 nitrogen and oxygen atoms in total. The summed E-state index contributed by atoms with van der Waals surface area (Å²) in [5.74, 6) is 0.264. The topological polar surface area (TPSA) is 78.7 Å². The van der Waals surface area contributed by atoms with Crippen molar-refractivity contribution in [1.29, 1.82) is 0 Å². The monoisotopic (exact) mass is 342 g/mol. The van der Waals surface area contributed by atoms with Crippen LogP contribution in [-0.4, -0.2) is 66.4 Å². The van der Waals surface area contributed by atoms with Crippen LogP contribution < -0.4 is 5.32 Å². The molecule has 132 valence electrons. The number of benzene rings is 1. The van der Waals surface area contributed by atoms with Gasteiger partial charge >= 0.3 is 0 Å². The average molecular weight is 342 g/mol. The van der Waals surface area contributed by atoms with Crippen LogP contribution in [0.4, 0.5) is 5.69 Å². The summed E-state index contributed by atoms with van der Waals surface area (Å²) in [5.41, 5.74) is 1.37. The van der Waals surface area contributed by atoms with Crippen molar-refractivity contribution in [2.75, 3.05) is 45.1 Å². The van der Waals surface area contributed by atoms with Gasteiger partial charge < -0.3 is 14.7 Å². The number of piperazine rings is 1. The Hall–Kier alpha value is -2.51. The number of nitrogens with one attached hydrogen (secondary N) is 1. The molecule has 3 rings (SSSR count). The number of anilines is 1. The lowest BCUT2D eigenvalue weighted by atomic mass is 10.1. The number of aromatic nitrogens is 1. The summed E-state index contributed by atoms with van der Waals surface area (Å²) in [6, 6.07) is 8.55. The van der Waals surface area contributed by atoms with Crippen LogP contribution in [0.25, 0.3) is 0 Å². The molecular formula is C18H22N4O3. The number of carbonyl (C=O) groups excluding carboxylic acids is 2. The Morgan fingerprint density at radius 2 is 1.96 bits per heavy atom. The maximum absolute atomic E-state index is 12.5. The third kappa shape index (κ3) is 4.52. The van der Waals surface area contributed by atoms with Crippen LogP contribution in [-0.2, 0) is 0 Å². The highest BCUT2D eigenvalue weighted by molar-refractivity contribution is 6.04. The summed E-state index contributed by atoms with van der Waals surface area (Å²) in [6.07, 6.45) is 0. The second-order valence-electron chi connectivity index (χ2n) is 6.36. The first-order valence-corrected chi connectivity index (χ1v) is 8.30. The SMILES string of the molecule is Cc1cc(C(=O)Nc2cccc(C(=O)CN3CCN(C)CC3)c2)no1. The third-order valence-electron chi connectivity index (χ3n) is 4.27. The minimum atomic E-state index is -0.361. The lowest BCUT2D eigenvalue weighted by molar-refractivity contribution is 0.0876. The minimum absolute atomic E-state index is 0.0536. The highest BCUT2D eigenvalue weighted by Gasteiger charge is 2.18. The summed E-state index contributed by atoms with van der Waals surface area (Å²) < 4.78 is 4.90. The summed E-state index contributed by atoms with van der Waals surface area (Å²) in [6.45, 7) is 5.85. The molecule has 1 aliphatic heterocycles. The smallest absolute Gasteiger partial charge is 0.277 e. The molecule has 1 aliphatic rings. The van der Waals surface area contributed by atoms with E-state index in [0.717, 1.165) is 26.2 Å². The second-order valence-corrected chi connectivity index (χ2v) is 6.36. The van der Waals surface area contributed by atoms with Gasteiger partial charge in [0, 0.05) is 43.5 Å². The maximum atomic E-state index is 12.5. The van der Waals surface area contributed by atoms with Gasteiger partial charge in [-0.3, -0.25) is 14.5 Å². The van der Waals surface area contributed by atoms with Gasteiger partial charge in [0.25, 0.3) is 5.91 Å². The minimum Gasteiger partial charge on any atom is -0.361 e. The molecule has 1 amide bonds. The standard InChI is InChI=1S/C18H22N4O3/c1-13-10-16(20-25-13)18(24)19-15-5-3-4-14(11-15)17(23)12-22-8-6-21(2)7-9-22/h3-5,10-11H,6-9,12H2,1-2H3,(H,19,24). The largest absolute Gasteiger partial charge is 0.361 e. The molecule has 1 aromatic carbocycles. The fourth-order valence-corrected chi connectivity index (χ4v) is 2.74. The van der Waals surface area contributed by atoms with Gasteiger partial charge in [-0.05, 0) is 26.1 Å². The van der Waals surface area contributed by atoms with E-state index in [9.17, 15) is 9.59 Å². The molecule has 0 radical (unpaired) electrons. The number of hydrogen-bond donors (Lipinski definition) is 1. The van der Waals surface area contributed by atoms with Crippen molar-refractivity contribution < 1.29 is 14.1 Å². The Bertz CT molecular complexity index is 763. The zero-order valence-electron chi connectivity index (χ0n) is 14.5. The van der Waals surface area contributed by atoms with Crippen molar-refractivity contribution in [2.24, 2.45) is 0 Å². The summed E-state index contributed by atoms with van der Waals surface area (Å²) in [7, 11) is 2.09. The van der Waals surface area contributed by atoms with Gasteiger partial charge in [-0.1, -0.05) is 17.3 Å². The van der Waals surface area contributed by atoms with E-state index in [2.05, 4.69) is 27.3 Å². The predicted molar refractivity (Wildman–Crippen MR) is 93.9 cm³/mol. The molecule has 0 saturated carbocycles. The highest BCUT2D eigenvalue weighted by Crippen LogP contribution is 2.14. The number of rotatable bonds is 5. The van der Waals surface area contributed by atoms with Gasteiger partial charge in [0.2, 0.25) is 0 Å². The van der Waals surface area contributed by atoms with E-state index in [1.165, 1.54) is 0 Å². The molecule has 0 aliphatic carbocycles. The lowest BCUT2D eigenvalue weighted by Crippen LogP contribution is -2.46. The summed E-state index contributed by atoms with van der Waals surface area (Å²) in [5, 5.41) is 6.43. The number of Topliss-reactive ketones (excluding diaryl/α,β-unsaturated/α-hetero) is 1. The van der Waals surface area contributed by atoms with Gasteiger partial charge in [0.05, 0.1) is 6.54 Å². The van der Waals surface area contributed by atoms with E-state index in [0.29, 0.717) is 23.6 Å². The normalized spacial score (nSPS) is 15.9. The van der Waals surface area contributed by atoms with Crippen molar-refractivity contribution in [1.82, 2.24) is 15.0 Å². The molecule has 2 aromatic rings. The third-order valence-corrected chi connectivity index (χ3v) is 4.27. The van der Waals surface area contributed by atoms with E-state index in [4.69, 9.17) is 4.52 Å². The first-order chi connectivity index (χ1) is 12.0. The molecular weight excluding hydrogens is 320 g/mol. The molecule has 1 saturated heterocycles. The fraction of sp³-hybridized carbons (Fsp3) is 0.389. The van der Waals surface area contributed by atoms with Crippen LogP contribution in [0.2, 0.25) is 0 Å². The number of likely N-dealkylation sites (N-methyl/N-ethyl adjacent to an activating group) is 1. The lowest BCUT2D eigenvalue weighted by Gasteiger charge is -2.31. The number of amides is 1. The zero-order chi connectivity index (χ0) is 17.8. The van der Waals surface area contributed by atoms with Crippen LogP contribution >= 0.6 is 0 Å². The van der Waals surface area contributed by atoms with Crippen LogP contribution in [0.5, 0.6) is 0 Å². The van der Waals surface area contributed by atoms with Gasteiger partial charge in [-0.2, -0.15) is 0 Å². The fourth-order valence-electron chi connectivity index (χ4n) is 2.74. The van der Waals surface area contributed by atoms with E-state index in [1.54, 1.807) is 37.3 Å². The first kappa shape index (κ1) is 17.3. The highest BCUT2D eigenvalue weighted by atomic mass is 16.5. The predicted octanol–water partition coefficient (Wildman–Crippen LogP) is 1.67. The van der Waals surface area contributed by atoms with Crippen molar-refractivity contribution in [3.63, 3.8) is 0 Å². The molecule has 25 heavy (non-hydrogen) atoms. The van der Waals surface area contributed by atoms with Crippen LogP contribution in [0.1, 0.15) is 26.6 Å². The van der Waals surface area contributed by atoms with E-state index in [1.807, 2.05) is 0 Å². The zero-order valence-corrected chi connectivity index (χ0v) is 14.5. The molecule has 0 atom stereocenters. The van der Waals surface area contributed by atoms with Crippen LogP contribution in [0, 0.1) is 6.92 Å². The van der Waals surface area contributed by atoms with Crippen molar-refractivity contribution in [3.8, 4) is 0 Å². The Labute approximate surface area is 146 Å². The molecule has 1 aromatic heterocycles. The van der Waals surface area contributed by atoms with Crippen LogP contribution in [0.15, 0.2) is 34.9 Å².